The molecule has 178 valence electrons. The Morgan fingerprint density at radius 1 is 1.29 bits per heavy atom. The van der Waals surface area contributed by atoms with Crippen molar-refractivity contribution in [3.8, 4) is 11.1 Å². The van der Waals surface area contributed by atoms with Crippen molar-refractivity contribution in [3.63, 3.8) is 0 Å². The number of nitrogens with zero attached hydrogens (tertiary/aromatic N) is 6. The first-order chi connectivity index (χ1) is 16.1. The van der Waals surface area contributed by atoms with Crippen LogP contribution in [-0.2, 0) is 11.3 Å². The second-order valence-corrected chi connectivity index (χ2v) is 9.40. The molecule has 0 saturated heterocycles. The fourth-order valence-electron chi connectivity index (χ4n) is 4.88. The van der Waals surface area contributed by atoms with Gasteiger partial charge >= 0.3 is 0 Å². The number of rotatable bonds is 6. The minimum Gasteiger partial charge on any atom is -0.351 e. The molecule has 0 bridgehead atoms. The Balaban J connectivity index is 1.38. The number of aryl methyl sites for hydroxylation is 1. The summed E-state index contributed by atoms with van der Waals surface area (Å²) in [5.41, 5.74) is 2.87. The number of carbonyl (C=O) groups is 1. The highest BCUT2D eigenvalue weighted by Crippen LogP contribution is 2.43. The van der Waals surface area contributed by atoms with E-state index in [9.17, 15) is 13.6 Å². The molecule has 11 heteroatoms. The van der Waals surface area contributed by atoms with Gasteiger partial charge in [-0.3, -0.25) is 4.79 Å². The van der Waals surface area contributed by atoms with Gasteiger partial charge in [0.05, 0.1) is 17.5 Å². The van der Waals surface area contributed by atoms with Crippen molar-refractivity contribution in [1.29, 1.82) is 0 Å². The quantitative estimate of drug-likeness (QED) is 0.448. The summed E-state index contributed by atoms with van der Waals surface area (Å²) in [4.78, 5) is 34.8. The van der Waals surface area contributed by atoms with Gasteiger partial charge in [0.1, 0.15) is 11.5 Å². The molecule has 5 rings (SSSR count). The number of pyridine rings is 1. The summed E-state index contributed by atoms with van der Waals surface area (Å²) >= 11 is 0. The maximum absolute atomic E-state index is 13.0. The van der Waals surface area contributed by atoms with E-state index in [0.717, 1.165) is 29.4 Å². The number of nitrogens with one attached hydrogen (secondary N) is 2. The number of imidazole rings is 1. The number of H-pyrrole nitrogens is 1. The number of amides is 1. The van der Waals surface area contributed by atoms with Crippen LogP contribution in [0, 0.1) is 12.3 Å². The van der Waals surface area contributed by atoms with Crippen molar-refractivity contribution in [1.82, 2.24) is 34.4 Å². The van der Waals surface area contributed by atoms with E-state index in [1.54, 1.807) is 38.3 Å². The zero-order valence-electron chi connectivity index (χ0n) is 19.4. The lowest BCUT2D eigenvalue weighted by molar-refractivity contribution is -0.143. The first-order valence-electron chi connectivity index (χ1n) is 11.1. The molecule has 1 amide bonds. The molecule has 0 aliphatic heterocycles. The molecule has 0 spiro atoms. The first kappa shape index (κ1) is 22.2. The molecule has 1 aliphatic carbocycles. The maximum atomic E-state index is 13.0. The van der Waals surface area contributed by atoms with E-state index in [2.05, 4.69) is 30.2 Å². The van der Waals surface area contributed by atoms with Gasteiger partial charge in [0.2, 0.25) is 11.9 Å². The minimum atomic E-state index is -2.48. The molecule has 0 atom stereocenters. The molecule has 34 heavy (non-hydrogen) atoms. The van der Waals surface area contributed by atoms with Crippen LogP contribution in [-0.4, -0.2) is 66.9 Å². The Labute approximate surface area is 194 Å². The number of halogens is 2. The largest absolute Gasteiger partial charge is 0.351 e. The van der Waals surface area contributed by atoms with Gasteiger partial charge in [0.15, 0.2) is 5.65 Å². The third kappa shape index (κ3) is 3.74. The Morgan fingerprint density at radius 2 is 2.06 bits per heavy atom. The number of aromatic nitrogens is 6. The molecular formula is C23H26F2N8O. The molecule has 4 aromatic heterocycles. The average molecular weight is 469 g/mol. The van der Waals surface area contributed by atoms with E-state index in [1.165, 1.54) is 4.57 Å². The highest BCUT2D eigenvalue weighted by atomic mass is 19.3. The predicted octanol–water partition coefficient (Wildman–Crippen LogP) is 3.61. The Morgan fingerprint density at radius 3 is 2.76 bits per heavy atom. The van der Waals surface area contributed by atoms with Gasteiger partial charge in [0.25, 0.3) is 6.43 Å². The molecule has 4 aromatic rings. The fourth-order valence-corrected chi connectivity index (χ4v) is 4.88. The number of hydrogen-bond acceptors (Lipinski definition) is 6. The van der Waals surface area contributed by atoms with Crippen molar-refractivity contribution in [2.75, 3.05) is 19.4 Å². The van der Waals surface area contributed by atoms with Gasteiger partial charge in [-0.2, -0.15) is 4.98 Å². The van der Waals surface area contributed by atoms with Gasteiger partial charge in [-0.15, -0.1) is 0 Å². The minimum absolute atomic E-state index is 0.130. The SMILES string of the molecule is Cc1nc2ncc(-c3c[nH]c4nc(NC5CC(C)(C(=O)N(C)C)C5)ncc34)cc2n1CC(F)F. The molecule has 0 aromatic carbocycles. The van der Waals surface area contributed by atoms with E-state index in [1.807, 2.05) is 19.2 Å². The highest BCUT2D eigenvalue weighted by molar-refractivity contribution is 5.95. The number of fused-ring (bicyclic) bond motifs is 2. The number of carbonyl (C=O) groups excluding carboxylic acids is 1. The van der Waals surface area contributed by atoms with E-state index in [0.29, 0.717) is 28.6 Å². The van der Waals surface area contributed by atoms with Crippen LogP contribution >= 0.6 is 0 Å². The average Bonchev–Trinajstić information content (AvgIpc) is 3.31. The summed E-state index contributed by atoms with van der Waals surface area (Å²) in [7, 11) is 3.55. The smallest absolute Gasteiger partial charge is 0.256 e. The lowest BCUT2D eigenvalue weighted by Gasteiger charge is -2.45. The third-order valence-electron chi connectivity index (χ3n) is 6.51. The lowest BCUT2D eigenvalue weighted by atomic mass is 9.66. The van der Waals surface area contributed by atoms with E-state index >= 15 is 0 Å². The van der Waals surface area contributed by atoms with Crippen LogP contribution in [0.3, 0.4) is 0 Å². The monoisotopic (exact) mass is 468 g/mol. The number of alkyl halides is 2. The molecule has 2 N–H and O–H groups in total. The number of hydrogen-bond donors (Lipinski definition) is 2. The van der Waals surface area contributed by atoms with Gasteiger partial charge in [-0.1, -0.05) is 6.92 Å². The summed E-state index contributed by atoms with van der Waals surface area (Å²) in [5, 5.41) is 4.11. The zero-order valence-corrected chi connectivity index (χ0v) is 19.4. The summed E-state index contributed by atoms with van der Waals surface area (Å²) in [5.74, 6) is 1.12. The second-order valence-electron chi connectivity index (χ2n) is 9.40. The first-order valence-corrected chi connectivity index (χ1v) is 11.1. The van der Waals surface area contributed by atoms with Gasteiger partial charge in [0, 0.05) is 55.2 Å². The van der Waals surface area contributed by atoms with Crippen molar-refractivity contribution in [3.05, 3.63) is 30.5 Å². The molecule has 0 unspecified atom stereocenters. The number of anilines is 1. The van der Waals surface area contributed by atoms with Crippen molar-refractivity contribution in [2.24, 2.45) is 5.41 Å². The van der Waals surface area contributed by atoms with Crippen LogP contribution in [0.2, 0.25) is 0 Å². The van der Waals surface area contributed by atoms with E-state index < -0.39 is 13.0 Å². The van der Waals surface area contributed by atoms with Crippen LogP contribution in [0.15, 0.2) is 24.7 Å². The third-order valence-corrected chi connectivity index (χ3v) is 6.51. The van der Waals surface area contributed by atoms with Crippen LogP contribution in [0.25, 0.3) is 33.3 Å². The molecule has 9 nitrogen and oxygen atoms in total. The summed E-state index contributed by atoms with van der Waals surface area (Å²) in [6.07, 6.45) is 4.17. The highest BCUT2D eigenvalue weighted by Gasteiger charge is 2.47. The van der Waals surface area contributed by atoms with Gasteiger partial charge in [-0.05, 0) is 25.8 Å². The van der Waals surface area contributed by atoms with E-state index in [-0.39, 0.29) is 17.4 Å². The van der Waals surface area contributed by atoms with Crippen LogP contribution < -0.4 is 5.32 Å². The van der Waals surface area contributed by atoms with Crippen molar-refractivity contribution in [2.45, 2.75) is 45.7 Å². The standard InChI is InChI=1S/C23H26F2N8O/c1-12-29-20-17(33(12)11-18(24)25)5-13(8-26-20)15-9-27-19-16(15)10-28-22(31-19)30-14-6-23(2,7-14)21(34)32(3)4/h5,8-10,14,18H,6-7,11H2,1-4H3,(H2,27,28,30,31). The maximum Gasteiger partial charge on any atom is 0.256 e. The number of aromatic amines is 1. The lowest BCUT2D eigenvalue weighted by Crippen LogP contribution is -2.52. The molecule has 1 fully saturated rings. The van der Waals surface area contributed by atoms with Gasteiger partial charge in [-0.25, -0.2) is 23.7 Å². The summed E-state index contributed by atoms with van der Waals surface area (Å²) in [6, 6.07) is 1.95. The second kappa shape index (κ2) is 8.00. The van der Waals surface area contributed by atoms with Crippen LogP contribution in [0.4, 0.5) is 14.7 Å². The van der Waals surface area contributed by atoms with Gasteiger partial charge < -0.3 is 19.8 Å². The Kier molecular flexibility index (Phi) is 5.22. The predicted molar refractivity (Wildman–Crippen MR) is 125 cm³/mol. The summed E-state index contributed by atoms with van der Waals surface area (Å²) < 4.78 is 27.6. The molecule has 0 radical (unpaired) electrons. The Bertz CT molecular complexity index is 1390. The Hall–Kier alpha value is -3.63. The van der Waals surface area contributed by atoms with Crippen LogP contribution in [0.1, 0.15) is 25.6 Å². The molecular weight excluding hydrogens is 442 g/mol. The summed E-state index contributed by atoms with van der Waals surface area (Å²) in [6.45, 7) is 3.24. The van der Waals surface area contributed by atoms with E-state index in [4.69, 9.17) is 0 Å². The topological polar surface area (TPSA) is 105 Å². The van der Waals surface area contributed by atoms with Crippen molar-refractivity contribution >= 4 is 34.1 Å². The normalized spacial score (nSPS) is 20.1. The molecule has 1 saturated carbocycles. The van der Waals surface area contributed by atoms with Crippen molar-refractivity contribution < 1.29 is 13.6 Å². The molecule has 4 heterocycles. The van der Waals surface area contributed by atoms with Crippen LogP contribution in [0.5, 0.6) is 0 Å². The fraction of sp³-hybridized carbons (Fsp3) is 0.435. The molecule has 1 aliphatic rings. The zero-order chi connectivity index (χ0) is 24.2.